The summed E-state index contributed by atoms with van der Waals surface area (Å²) in [4.78, 5) is 11.8. The standard InChI is InChI=1S/C13H18N2O3/c1-14-13(16)12-9-7-11(18-3)10(17-2)6-8(9)4-5-15-12/h6-7,12,15H,4-5H2,1-3H3,(H,14,16)/t12-/m0/s1. The topological polar surface area (TPSA) is 59.6 Å². The number of rotatable bonds is 3. The molecule has 1 aliphatic rings. The maximum atomic E-state index is 11.8. The third-order valence-corrected chi connectivity index (χ3v) is 3.21. The van der Waals surface area contributed by atoms with Crippen LogP contribution < -0.4 is 20.1 Å². The molecule has 0 aromatic heterocycles. The quantitative estimate of drug-likeness (QED) is 0.826. The van der Waals surface area contributed by atoms with E-state index in [0.29, 0.717) is 11.5 Å². The van der Waals surface area contributed by atoms with Gasteiger partial charge in [0.25, 0.3) is 0 Å². The summed E-state index contributed by atoms with van der Waals surface area (Å²) in [6.07, 6.45) is 0.878. The molecule has 2 rings (SSSR count). The van der Waals surface area contributed by atoms with E-state index in [1.54, 1.807) is 21.3 Å². The average molecular weight is 250 g/mol. The van der Waals surface area contributed by atoms with Crippen molar-refractivity contribution in [2.45, 2.75) is 12.5 Å². The van der Waals surface area contributed by atoms with Gasteiger partial charge in [0.1, 0.15) is 6.04 Å². The van der Waals surface area contributed by atoms with Crippen LogP contribution in [0.5, 0.6) is 11.5 Å². The Kier molecular flexibility index (Phi) is 3.72. The Hall–Kier alpha value is -1.75. The first-order valence-electron chi connectivity index (χ1n) is 5.91. The van der Waals surface area contributed by atoms with Crippen LogP contribution in [-0.2, 0) is 11.2 Å². The Morgan fingerprint density at radius 3 is 2.61 bits per heavy atom. The van der Waals surface area contributed by atoms with Crippen LogP contribution in [0.3, 0.4) is 0 Å². The zero-order valence-electron chi connectivity index (χ0n) is 10.9. The number of carbonyl (C=O) groups is 1. The number of carbonyl (C=O) groups excluding carboxylic acids is 1. The number of likely N-dealkylation sites (N-methyl/N-ethyl adjacent to an activating group) is 1. The van der Waals surface area contributed by atoms with Crippen molar-refractivity contribution in [2.24, 2.45) is 0 Å². The van der Waals surface area contributed by atoms with Gasteiger partial charge in [0.15, 0.2) is 11.5 Å². The maximum Gasteiger partial charge on any atom is 0.241 e. The molecule has 0 radical (unpaired) electrons. The van der Waals surface area contributed by atoms with E-state index in [4.69, 9.17) is 9.47 Å². The molecule has 0 aliphatic carbocycles. The highest BCUT2D eigenvalue weighted by molar-refractivity contribution is 5.84. The van der Waals surface area contributed by atoms with Gasteiger partial charge in [-0.3, -0.25) is 4.79 Å². The lowest BCUT2D eigenvalue weighted by atomic mass is 9.93. The highest BCUT2D eigenvalue weighted by Gasteiger charge is 2.27. The van der Waals surface area contributed by atoms with Gasteiger partial charge in [0.05, 0.1) is 14.2 Å². The van der Waals surface area contributed by atoms with Gasteiger partial charge in [-0.25, -0.2) is 0 Å². The molecule has 0 saturated heterocycles. The number of hydrogen-bond acceptors (Lipinski definition) is 4. The third-order valence-electron chi connectivity index (χ3n) is 3.21. The summed E-state index contributed by atoms with van der Waals surface area (Å²) < 4.78 is 10.6. The molecule has 0 unspecified atom stereocenters. The number of nitrogens with one attached hydrogen (secondary N) is 2. The maximum absolute atomic E-state index is 11.8. The SMILES string of the molecule is CNC(=O)[C@H]1NCCc2cc(OC)c(OC)cc21. The van der Waals surface area contributed by atoms with Gasteiger partial charge in [0.2, 0.25) is 5.91 Å². The molecule has 2 N–H and O–H groups in total. The molecule has 18 heavy (non-hydrogen) atoms. The molecular formula is C13H18N2O3. The van der Waals surface area contributed by atoms with Crippen LogP contribution in [0.15, 0.2) is 12.1 Å². The molecule has 1 aliphatic heterocycles. The average Bonchev–Trinajstić information content (AvgIpc) is 2.44. The molecular weight excluding hydrogens is 232 g/mol. The van der Waals surface area contributed by atoms with Crippen molar-refractivity contribution in [3.63, 3.8) is 0 Å². The number of benzene rings is 1. The summed E-state index contributed by atoms with van der Waals surface area (Å²) >= 11 is 0. The fourth-order valence-corrected chi connectivity index (χ4v) is 2.26. The zero-order valence-corrected chi connectivity index (χ0v) is 10.9. The Bertz CT molecular complexity index is 460. The Morgan fingerprint density at radius 1 is 1.33 bits per heavy atom. The molecule has 1 aromatic carbocycles. The van der Waals surface area contributed by atoms with E-state index in [1.165, 1.54) is 0 Å². The summed E-state index contributed by atoms with van der Waals surface area (Å²) in [6, 6.07) is 3.50. The molecule has 1 atom stereocenters. The molecule has 1 amide bonds. The van der Waals surface area contributed by atoms with Crippen LogP contribution >= 0.6 is 0 Å². The van der Waals surface area contributed by atoms with Crippen molar-refractivity contribution in [3.05, 3.63) is 23.3 Å². The number of methoxy groups -OCH3 is 2. The van der Waals surface area contributed by atoms with Crippen LogP contribution in [0.2, 0.25) is 0 Å². The lowest BCUT2D eigenvalue weighted by Crippen LogP contribution is -2.40. The minimum atomic E-state index is -0.321. The van der Waals surface area contributed by atoms with Gasteiger partial charge in [-0.2, -0.15) is 0 Å². The zero-order chi connectivity index (χ0) is 13.1. The summed E-state index contributed by atoms with van der Waals surface area (Å²) in [5.74, 6) is 1.31. The fraction of sp³-hybridized carbons (Fsp3) is 0.462. The summed E-state index contributed by atoms with van der Waals surface area (Å²) in [7, 11) is 4.84. The Balaban J connectivity index is 2.46. The summed E-state index contributed by atoms with van der Waals surface area (Å²) in [5, 5.41) is 5.87. The first-order valence-corrected chi connectivity index (χ1v) is 5.91. The molecule has 1 heterocycles. The van der Waals surface area contributed by atoms with E-state index >= 15 is 0 Å². The van der Waals surface area contributed by atoms with Crippen LogP contribution in [0.4, 0.5) is 0 Å². The van der Waals surface area contributed by atoms with Crippen molar-refractivity contribution in [1.82, 2.24) is 10.6 Å². The summed E-state index contributed by atoms with van der Waals surface area (Å²) in [5.41, 5.74) is 2.08. The van der Waals surface area contributed by atoms with Crippen LogP contribution in [-0.4, -0.2) is 33.7 Å². The highest BCUT2D eigenvalue weighted by Crippen LogP contribution is 2.35. The van der Waals surface area contributed by atoms with Gasteiger partial charge >= 0.3 is 0 Å². The second-order valence-corrected chi connectivity index (χ2v) is 4.16. The van der Waals surface area contributed by atoms with Crippen molar-refractivity contribution >= 4 is 5.91 Å². The van der Waals surface area contributed by atoms with Crippen molar-refractivity contribution in [1.29, 1.82) is 0 Å². The molecule has 98 valence electrons. The third kappa shape index (κ3) is 2.13. The minimum absolute atomic E-state index is 0.0387. The molecule has 0 bridgehead atoms. The van der Waals surface area contributed by atoms with Crippen molar-refractivity contribution in [2.75, 3.05) is 27.8 Å². The van der Waals surface area contributed by atoms with Gasteiger partial charge < -0.3 is 20.1 Å². The minimum Gasteiger partial charge on any atom is -0.493 e. The van der Waals surface area contributed by atoms with E-state index in [0.717, 1.165) is 24.1 Å². The number of fused-ring (bicyclic) bond motifs is 1. The lowest BCUT2D eigenvalue weighted by molar-refractivity contribution is -0.122. The molecule has 0 saturated carbocycles. The lowest BCUT2D eigenvalue weighted by Gasteiger charge is -2.26. The number of ether oxygens (including phenoxy) is 2. The second-order valence-electron chi connectivity index (χ2n) is 4.16. The first kappa shape index (κ1) is 12.7. The highest BCUT2D eigenvalue weighted by atomic mass is 16.5. The van der Waals surface area contributed by atoms with Crippen molar-refractivity contribution < 1.29 is 14.3 Å². The van der Waals surface area contributed by atoms with Crippen LogP contribution in [0.1, 0.15) is 17.2 Å². The van der Waals surface area contributed by atoms with E-state index in [9.17, 15) is 4.79 Å². The number of hydrogen-bond donors (Lipinski definition) is 2. The van der Waals surface area contributed by atoms with Crippen molar-refractivity contribution in [3.8, 4) is 11.5 Å². The monoisotopic (exact) mass is 250 g/mol. The molecule has 1 aromatic rings. The van der Waals surface area contributed by atoms with Crippen LogP contribution in [0, 0.1) is 0 Å². The largest absolute Gasteiger partial charge is 0.493 e. The van der Waals surface area contributed by atoms with Gasteiger partial charge in [-0.1, -0.05) is 0 Å². The van der Waals surface area contributed by atoms with Gasteiger partial charge in [-0.15, -0.1) is 0 Å². The van der Waals surface area contributed by atoms with E-state index in [-0.39, 0.29) is 11.9 Å². The molecule has 0 fully saturated rings. The predicted octanol–water partition coefficient (Wildman–Crippen LogP) is 0.637. The summed E-state index contributed by atoms with van der Waals surface area (Å²) in [6.45, 7) is 0.778. The molecule has 5 heteroatoms. The number of amides is 1. The van der Waals surface area contributed by atoms with Gasteiger partial charge in [-0.05, 0) is 29.7 Å². The van der Waals surface area contributed by atoms with Gasteiger partial charge in [0, 0.05) is 13.6 Å². The first-order chi connectivity index (χ1) is 8.71. The molecule has 5 nitrogen and oxygen atoms in total. The van der Waals surface area contributed by atoms with E-state index in [1.807, 2.05) is 12.1 Å². The Labute approximate surface area is 106 Å². The fourth-order valence-electron chi connectivity index (χ4n) is 2.26. The second kappa shape index (κ2) is 5.27. The molecule has 0 spiro atoms. The van der Waals surface area contributed by atoms with E-state index in [2.05, 4.69) is 10.6 Å². The Morgan fingerprint density at radius 2 is 2.00 bits per heavy atom. The van der Waals surface area contributed by atoms with E-state index < -0.39 is 0 Å². The van der Waals surface area contributed by atoms with Crippen LogP contribution in [0.25, 0.3) is 0 Å². The smallest absolute Gasteiger partial charge is 0.241 e. The normalized spacial score (nSPS) is 17.8. The predicted molar refractivity (Wildman–Crippen MR) is 68.1 cm³/mol.